The monoisotopic (exact) mass is 472 g/mol. The van der Waals surface area contributed by atoms with Gasteiger partial charge in [0.15, 0.2) is 6.61 Å². The lowest BCUT2D eigenvalue weighted by molar-refractivity contribution is -0.120. The topological polar surface area (TPSA) is 93.2 Å². The van der Waals surface area contributed by atoms with Crippen LogP contribution in [-0.2, 0) is 26.0 Å². The van der Waals surface area contributed by atoms with Gasteiger partial charge in [0.2, 0.25) is 10.0 Å². The number of fused-ring (bicyclic) bond motifs is 1. The van der Waals surface area contributed by atoms with E-state index in [0.29, 0.717) is 44.0 Å². The van der Waals surface area contributed by atoms with Crippen LogP contribution in [-0.4, -0.2) is 57.4 Å². The number of sulfonamides is 1. The molecule has 4 rings (SSSR count). The molecule has 0 radical (unpaired) electrons. The lowest BCUT2D eigenvalue weighted by atomic mass is 10.2. The Hall–Kier alpha value is -2.91. The van der Waals surface area contributed by atoms with Crippen molar-refractivity contribution >= 4 is 27.6 Å². The minimum atomic E-state index is -3.51. The first kappa shape index (κ1) is 23.3. The number of anilines is 1. The number of piperidine rings is 1. The van der Waals surface area contributed by atoms with Crippen LogP contribution in [0.5, 0.6) is 5.75 Å². The van der Waals surface area contributed by atoms with Crippen molar-refractivity contribution in [3.63, 3.8) is 0 Å². The molecular weight excluding hydrogens is 444 g/mol. The summed E-state index contributed by atoms with van der Waals surface area (Å²) in [7, 11) is -3.51. The van der Waals surface area contributed by atoms with E-state index in [0.717, 1.165) is 30.5 Å². The molecule has 0 unspecified atom stereocenters. The Labute approximate surface area is 194 Å². The number of amides is 1. The Morgan fingerprint density at radius 2 is 1.70 bits per heavy atom. The fraction of sp³-hybridized carbons (Fsp3) is 0.417. The van der Waals surface area contributed by atoms with Crippen LogP contribution >= 0.6 is 0 Å². The summed E-state index contributed by atoms with van der Waals surface area (Å²) in [6.07, 6.45) is 3.43. The van der Waals surface area contributed by atoms with Crippen LogP contribution < -0.4 is 9.64 Å². The number of ether oxygens (including phenoxy) is 2. The number of hydrogen-bond acceptors (Lipinski definition) is 6. The van der Waals surface area contributed by atoms with Crippen LogP contribution in [0.25, 0.3) is 0 Å². The Balaban J connectivity index is 1.40. The highest BCUT2D eigenvalue weighted by Crippen LogP contribution is 2.32. The van der Waals surface area contributed by atoms with Gasteiger partial charge < -0.3 is 14.4 Å². The minimum Gasteiger partial charge on any atom is -0.484 e. The molecule has 8 nitrogen and oxygen atoms in total. The molecule has 0 aromatic heterocycles. The van der Waals surface area contributed by atoms with E-state index < -0.39 is 16.0 Å². The average Bonchev–Trinajstić information content (AvgIpc) is 3.27. The lowest BCUT2D eigenvalue weighted by Crippen LogP contribution is -2.35. The van der Waals surface area contributed by atoms with Crippen molar-refractivity contribution in [1.82, 2.24) is 4.31 Å². The Bertz CT molecular complexity index is 1120. The molecule has 0 bridgehead atoms. The quantitative estimate of drug-likeness (QED) is 0.575. The molecule has 0 N–H and O–H groups in total. The van der Waals surface area contributed by atoms with Gasteiger partial charge in [-0.3, -0.25) is 4.79 Å². The zero-order valence-electron chi connectivity index (χ0n) is 18.7. The van der Waals surface area contributed by atoms with Gasteiger partial charge in [0, 0.05) is 25.3 Å². The molecule has 0 aliphatic carbocycles. The van der Waals surface area contributed by atoms with Crippen LogP contribution in [0, 0.1) is 0 Å². The third-order valence-electron chi connectivity index (χ3n) is 5.93. The van der Waals surface area contributed by atoms with E-state index in [-0.39, 0.29) is 17.4 Å². The number of hydrogen-bond donors (Lipinski definition) is 0. The molecule has 1 amide bonds. The summed E-state index contributed by atoms with van der Waals surface area (Å²) >= 11 is 0. The predicted molar refractivity (Wildman–Crippen MR) is 123 cm³/mol. The summed E-state index contributed by atoms with van der Waals surface area (Å²) in [4.78, 5) is 26.4. The molecule has 176 valence electrons. The molecule has 2 aliphatic heterocycles. The number of carbonyl (C=O) groups excluding carboxylic acids is 2. The molecule has 2 aromatic rings. The summed E-state index contributed by atoms with van der Waals surface area (Å²) in [5.41, 5.74) is 1.98. The van der Waals surface area contributed by atoms with E-state index in [2.05, 4.69) is 0 Å². The zero-order chi connectivity index (χ0) is 23.4. The number of benzene rings is 2. The highest BCUT2D eigenvalue weighted by Gasteiger charge is 2.30. The van der Waals surface area contributed by atoms with E-state index in [1.807, 2.05) is 0 Å². The molecule has 33 heavy (non-hydrogen) atoms. The highest BCUT2D eigenvalue weighted by atomic mass is 32.2. The van der Waals surface area contributed by atoms with E-state index in [1.165, 1.54) is 0 Å². The molecule has 2 heterocycles. The number of carbonyl (C=O) groups is 2. The van der Waals surface area contributed by atoms with Gasteiger partial charge in [0.05, 0.1) is 17.1 Å². The van der Waals surface area contributed by atoms with Crippen molar-refractivity contribution in [1.29, 1.82) is 0 Å². The third kappa shape index (κ3) is 5.04. The smallest absolute Gasteiger partial charge is 0.338 e. The van der Waals surface area contributed by atoms with Gasteiger partial charge in [-0.05, 0) is 74.2 Å². The number of rotatable bonds is 7. The number of nitrogens with zero attached hydrogens (tertiary/aromatic N) is 2. The van der Waals surface area contributed by atoms with Crippen LogP contribution in [0.1, 0.15) is 42.1 Å². The van der Waals surface area contributed by atoms with E-state index in [4.69, 9.17) is 9.47 Å². The molecule has 2 aliphatic rings. The summed E-state index contributed by atoms with van der Waals surface area (Å²) in [6, 6.07) is 11.4. The van der Waals surface area contributed by atoms with Gasteiger partial charge in [-0.15, -0.1) is 0 Å². The standard InChI is InChI=1S/C24H28N2O6S/c1-2-31-24(28)18-6-8-20(9-7-18)32-17-23(27)26-15-12-19-16-21(10-11-22(19)26)33(29,30)25-13-4-3-5-14-25/h6-11,16H,2-5,12-15,17H2,1H3. The van der Waals surface area contributed by atoms with E-state index in [9.17, 15) is 18.0 Å². The summed E-state index contributed by atoms with van der Waals surface area (Å²) in [6.45, 7) is 3.48. The van der Waals surface area contributed by atoms with Crippen molar-refractivity contribution in [2.24, 2.45) is 0 Å². The molecule has 1 fully saturated rings. The molecular formula is C24H28N2O6S. The van der Waals surface area contributed by atoms with Crippen molar-refractivity contribution in [2.75, 3.05) is 37.7 Å². The van der Waals surface area contributed by atoms with E-state index >= 15 is 0 Å². The third-order valence-corrected chi connectivity index (χ3v) is 7.82. The van der Waals surface area contributed by atoms with E-state index in [1.54, 1.807) is 58.6 Å². The molecule has 0 spiro atoms. The predicted octanol–water partition coefficient (Wildman–Crippen LogP) is 3.01. The fourth-order valence-corrected chi connectivity index (χ4v) is 5.74. The molecule has 0 saturated carbocycles. The first-order chi connectivity index (χ1) is 15.9. The normalized spacial score (nSPS) is 16.3. The first-order valence-electron chi connectivity index (χ1n) is 11.2. The maximum atomic E-state index is 13.0. The molecule has 1 saturated heterocycles. The fourth-order valence-electron chi connectivity index (χ4n) is 4.18. The van der Waals surface area contributed by atoms with Gasteiger partial charge in [0.25, 0.3) is 5.91 Å². The zero-order valence-corrected chi connectivity index (χ0v) is 19.5. The van der Waals surface area contributed by atoms with Crippen molar-refractivity contribution in [3.05, 3.63) is 53.6 Å². The molecule has 0 atom stereocenters. The van der Waals surface area contributed by atoms with Crippen LogP contribution in [0.3, 0.4) is 0 Å². The summed E-state index contributed by atoms with van der Waals surface area (Å²) < 4.78 is 38.0. The molecule has 2 aromatic carbocycles. The lowest BCUT2D eigenvalue weighted by Gasteiger charge is -2.26. The Morgan fingerprint density at radius 1 is 0.970 bits per heavy atom. The van der Waals surface area contributed by atoms with Gasteiger partial charge in [0.1, 0.15) is 5.75 Å². The second-order valence-electron chi connectivity index (χ2n) is 8.08. The summed E-state index contributed by atoms with van der Waals surface area (Å²) in [5, 5.41) is 0. The largest absolute Gasteiger partial charge is 0.484 e. The van der Waals surface area contributed by atoms with Gasteiger partial charge in [-0.25, -0.2) is 13.2 Å². The van der Waals surface area contributed by atoms with Gasteiger partial charge in [-0.2, -0.15) is 4.31 Å². The second-order valence-corrected chi connectivity index (χ2v) is 10.0. The van der Waals surface area contributed by atoms with Crippen LogP contribution in [0.2, 0.25) is 0 Å². The average molecular weight is 473 g/mol. The maximum absolute atomic E-state index is 13.0. The first-order valence-corrected chi connectivity index (χ1v) is 12.7. The minimum absolute atomic E-state index is 0.161. The summed E-state index contributed by atoms with van der Waals surface area (Å²) in [5.74, 6) is -0.149. The highest BCUT2D eigenvalue weighted by molar-refractivity contribution is 7.89. The van der Waals surface area contributed by atoms with Gasteiger partial charge >= 0.3 is 5.97 Å². The van der Waals surface area contributed by atoms with Crippen molar-refractivity contribution in [2.45, 2.75) is 37.5 Å². The second kappa shape index (κ2) is 9.93. The van der Waals surface area contributed by atoms with Crippen molar-refractivity contribution < 1.29 is 27.5 Å². The van der Waals surface area contributed by atoms with Gasteiger partial charge in [-0.1, -0.05) is 6.42 Å². The van der Waals surface area contributed by atoms with Crippen LogP contribution in [0.15, 0.2) is 47.4 Å². The van der Waals surface area contributed by atoms with Crippen molar-refractivity contribution in [3.8, 4) is 5.75 Å². The van der Waals surface area contributed by atoms with Crippen LogP contribution in [0.4, 0.5) is 5.69 Å². The number of esters is 1. The maximum Gasteiger partial charge on any atom is 0.338 e. The SMILES string of the molecule is CCOC(=O)c1ccc(OCC(=O)N2CCc3cc(S(=O)(=O)N4CCCCC4)ccc32)cc1. The Morgan fingerprint density at radius 3 is 2.39 bits per heavy atom. The molecule has 9 heteroatoms. The Kier molecular flexibility index (Phi) is 6.99.